The van der Waals surface area contributed by atoms with E-state index in [0.29, 0.717) is 33.7 Å². The zero-order valence-corrected chi connectivity index (χ0v) is 16.7. The van der Waals surface area contributed by atoms with Gasteiger partial charge in [0.05, 0.1) is 10.7 Å². The van der Waals surface area contributed by atoms with Crippen LogP contribution in [-0.4, -0.2) is 22.7 Å². The molecule has 4 rings (SSSR count). The van der Waals surface area contributed by atoms with Crippen molar-refractivity contribution in [2.75, 3.05) is 11.5 Å². The number of hydrogen-bond acceptors (Lipinski definition) is 5. The van der Waals surface area contributed by atoms with Gasteiger partial charge in [0.2, 0.25) is 11.7 Å². The van der Waals surface area contributed by atoms with Crippen LogP contribution >= 0.6 is 11.6 Å². The number of anilines is 1. The molecule has 0 bridgehead atoms. The van der Waals surface area contributed by atoms with Gasteiger partial charge in [-0.3, -0.25) is 9.69 Å². The summed E-state index contributed by atoms with van der Waals surface area (Å²) in [5.74, 6) is 1.23. The topological polar surface area (TPSA) is 68.5 Å². The molecule has 0 saturated carbocycles. The molecule has 28 heavy (non-hydrogen) atoms. The van der Waals surface area contributed by atoms with Gasteiger partial charge >= 0.3 is 0 Å². The second kappa shape index (κ2) is 6.95. The van der Waals surface area contributed by atoms with Gasteiger partial charge < -0.3 is 9.26 Å². The lowest BCUT2D eigenvalue weighted by Gasteiger charge is -2.30. The van der Waals surface area contributed by atoms with E-state index in [1.54, 1.807) is 11.0 Å². The first-order valence-corrected chi connectivity index (χ1v) is 9.36. The van der Waals surface area contributed by atoms with Crippen molar-refractivity contribution in [2.24, 2.45) is 0 Å². The van der Waals surface area contributed by atoms with Crippen LogP contribution in [-0.2, 0) is 16.8 Å². The molecule has 1 aromatic heterocycles. The lowest BCUT2D eigenvalue weighted by molar-refractivity contribution is -0.121. The van der Waals surface area contributed by atoms with Gasteiger partial charge in [0.15, 0.2) is 6.61 Å². The summed E-state index contributed by atoms with van der Waals surface area (Å²) in [6.07, 6.45) is 0. The predicted octanol–water partition coefficient (Wildman–Crippen LogP) is 4.61. The maximum Gasteiger partial charge on any atom is 0.265 e. The van der Waals surface area contributed by atoms with Crippen LogP contribution in [0.1, 0.15) is 32.2 Å². The number of halogens is 1. The number of ether oxygens (including phenoxy) is 1. The zero-order chi connectivity index (χ0) is 19.9. The molecule has 7 heteroatoms. The molecule has 2 heterocycles. The van der Waals surface area contributed by atoms with Gasteiger partial charge in [-0.2, -0.15) is 4.98 Å². The lowest BCUT2D eigenvalue weighted by Crippen LogP contribution is -2.38. The van der Waals surface area contributed by atoms with Gasteiger partial charge in [0, 0.05) is 5.56 Å². The first-order valence-electron chi connectivity index (χ1n) is 8.98. The van der Waals surface area contributed by atoms with Crippen molar-refractivity contribution in [1.29, 1.82) is 0 Å². The monoisotopic (exact) mass is 397 g/mol. The van der Waals surface area contributed by atoms with Crippen molar-refractivity contribution in [3.8, 4) is 17.1 Å². The molecule has 144 valence electrons. The molecule has 1 aliphatic rings. The number of hydrogen-bond donors (Lipinski definition) is 0. The third-order valence-corrected chi connectivity index (χ3v) is 4.97. The smallest absolute Gasteiger partial charge is 0.265 e. The maximum atomic E-state index is 12.5. The molecule has 0 unspecified atom stereocenters. The lowest BCUT2D eigenvalue weighted by atomic mass is 9.86. The molecule has 0 saturated heterocycles. The van der Waals surface area contributed by atoms with Crippen LogP contribution in [0.5, 0.6) is 5.75 Å². The van der Waals surface area contributed by atoms with Crippen molar-refractivity contribution in [1.82, 2.24) is 10.1 Å². The third kappa shape index (κ3) is 3.47. The summed E-state index contributed by atoms with van der Waals surface area (Å²) in [6, 6.07) is 13.2. The minimum atomic E-state index is -0.156. The Labute approximate surface area is 168 Å². The number of benzene rings is 2. The molecule has 0 radical (unpaired) electrons. The van der Waals surface area contributed by atoms with E-state index < -0.39 is 0 Å². The Morgan fingerprint density at radius 3 is 2.71 bits per heavy atom. The van der Waals surface area contributed by atoms with Crippen LogP contribution in [0.2, 0.25) is 5.02 Å². The minimum absolute atomic E-state index is 0.0205. The summed E-state index contributed by atoms with van der Waals surface area (Å²) in [6.45, 7) is 6.52. The summed E-state index contributed by atoms with van der Waals surface area (Å²) in [5, 5.41) is 4.55. The van der Waals surface area contributed by atoms with E-state index in [-0.39, 0.29) is 24.5 Å². The highest BCUT2D eigenvalue weighted by Gasteiger charge is 2.29. The van der Waals surface area contributed by atoms with Gasteiger partial charge in [-0.1, -0.05) is 55.7 Å². The first-order chi connectivity index (χ1) is 13.3. The summed E-state index contributed by atoms with van der Waals surface area (Å²) in [5.41, 5.74) is 2.45. The normalized spacial score (nSPS) is 14.0. The number of amides is 1. The Balaban J connectivity index is 1.66. The minimum Gasteiger partial charge on any atom is -0.482 e. The van der Waals surface area contributed by atoms with Gasteiger partial charge in [0.25, 0.3) is 5.91 Å². The Hall–Kier alpha value is -2.86. The highest BCUT2D eigenvalue weighted by molar-refractivity contribution is 6.33. The molecule has 6 nitrogen and oxygen atoms in total. The van der Waals surface area contributed by atoms with Crippen LogP contribution < -0.4 is 9.64 Å². The van der Waals surface area contributed by atoms with Crippen LogP contribution in [0.15, 0.2) is 47.0 Å². The average Bonchev–Trinajstić information content (AvgIpc) is 3.12. The van der Waals surface area contributed by atoms with Gasteiger partial charge in [-0.15, -0.1) is 0 Å². The Kier molecular flexibility index (Phi) is 4.59. The Bertz CT molecular complexity index is 1040. The molecule has 0 N–H and O–H groups in total. The molecule has 1 amide bonds. The summed E-state index contributed by atoms with van der Waals surface area (Å²) in [4.78, 5) is 18.6. The Morgan fingerprint density at radius 2 is 1.96 bits per heavy atom. The average molecular weight is 398 g/mol. The highest BCUT2D eigenvalue weighted by atomic mass is 35.5. The number of carbonyl (C=O) groups excluding carboxylic acids is 1. The van der Waals surface area contributed by atoms with Crippen molar-refractivity contribution in [3.05, 3.63) is 58.9 Å². The van der Waals surface area contributed by atoms with Crippen LogP contribution in [0.3, 0.4) is 0 Å². The van der Waals surface area contributed by atoms with E-state index in [2.05, 4.69) is 30.9 Å². The third-order valence-electron chi connectivity index (χ3n) is 4.64. The Morgan fingerprint density at radius 1 is 1.18 bits per heavy atom. The quantitative estimate of drug-likeness (QED) is 0.645. The summed E-state index contributed by atoms with van der Waals surface area (Å²) in [7, 11) is 0. The van der Waals surface area contributed by atoms with Crippen molar-refractivity contribution < 1.29 is 14.1 Å². The number of carbonyl (C=O) groups is 1. The molecule has 0 atom stereocenters. The molecular weight excluding hydrogens is 378 g/mol. The van der Waals surface area contributed by atoms with Gasteiger partial charge in [-0.05, 0) is 35.2 Å². The van der Waals surface area contributed by atoms with Gasteiger partial charge in [0.1, 0.15) is 12.3 Å². The number of rotatable bonds is 3. The van der Waals surface area contributed by atoms with E-state index in [1.807, 2.05) is 36.4 Å². The van der Waals surface area contributed by atoms with Crippen molar-refractivity contribution in [2.45, 2.75) is 32.7 Å². The number of fused-ring (bicyclic) bond motifs is 1. The number of aromatic nitrogens is 2. The van der Waals surface area contributed by atoms with E-state index in [1.165, 1.54) is 0 Å². The first kappa shape index (κ1) is 18.5. The SMILES string of the molecule is CC(C)(C)c1ccc2c(c1)N(Cc1nc(-c3ccccc3Cl)no1)C(=O)CO2. The predicted molar refractivity (Wildman–Crippen MR) is 107 cm³/mol. The molecule has 0 aliphatic carbocycles. The van der Waals surface area contributed by atoms with Crippen LogP contribution in [0.4, 0.5) is 5.69 Å². The molecule has 3 aromatic rings. The standard InChI is InChI=1S/C21H20ClN3O3/c1-21(2,3)13-8-9-17-16(10-13)25(19(26)12-27-17)11-18-23-20(24-28-18)14-6-4-5-7-15(14)22/h4-10H,11-12H2,1-3H3. The maximum absolute atomic E-state index is 12.5. The van der Waals surface area contributed by atoms with Crippen LogP contribution in [0.25, 0.3) is 11.4 Å². The fourth-order valence-corrected chi connectivity index (χ4v) is 3.27. The van der Waals surface area contributed by atoms with Gasteiger partial charge in [-0.25, -0.2) is 0 Å². The number of nitrogens with zero attached hydrogens (tertiary/aromatic N) is 3. The highest BCUT2D eigenvalue weighted by Crippen LogP contribution is 2.37. The van der Waals surface area contributed by atoms with E-state index in [9.17, 15) is 4.79 Å². The molecular formula is C21H20ClN3O3. The second-order valence-electron chi connectivity index (χ2n) is 7.69. The van der Waals surface area contributed by atoms with E-state index >= 15 is 0 Å². The van der Waals surface area contributed by atoms with Crippen molar-refractivity contribution >= 4 is 23.2 Å². The zero-order valence-electron chi connectivity index (χ0n) is 15.9. The van der Waals surface area contributed by atoms with Crippen molar-refractivity contribution in [3.63, 3.8) is 0 Å². The summed E-state index contributed by atoms with van der Waals surface area (Å²) >= 11 is 6.21. The molecule has 0 fully saturated rings. The molecule has 1 aliphatic heterocycles. The molecule has 2 aromatic carbocycles. The van der Waals surface area contributed by atoms with E-state index in [4.69, 9.17) is 20.9 Å². The van der Waals surface area contributed by atoms with E-state index in [0.717, 1.165) is 5.56 Å². The summed E-state index contributed by atoms with van der Waals surface area (Å²) < 4.78 is 11.0. The fraction of sp³-hybridized carbons (Fsp3) is 0.286. The second-order valence-corrected chi connectivity index (χ2v) is 8.10. The van der Waals surface area contributed by atoms with Crippen LogP contribution in [0, 0.1) is 0 Å². The molecule has 0 spiro atoms. The fourth-order valence-electron chi connectivity index (χ4n) is 3.05. The largest absolute Gasteiger partial charge is 0.482 e.